The van der Waals surface area contributed by atoms with Gasteiger partial charge in [0.15, 0.2) is 0 Å². The van der Waals surface area contributed by atoms with Gasteiger partial charge in [0, 0.05) is 23.6 Å². The molecule has 1 aromatic carbocycles. The zero-order valence-electron chi connectivity index (χ0n) is 9.36. The Bertz CT molecular complexity index is 445. The molecule has 2 nitrogen and oxygen atoms in total. The lowest BCUT2D eigenvalue weighted by Gasteiger charge is -2.05. The van der Waals surface area contributed by atoms with E-state index in [2.05, 4.69) is 42.8 Å². The minimum Gasteiger partial charge on any atom is -0.494 e. The van der Waals surface area contributed by atoms with Crippen molar-refractivity contribution in [2.24, 2.45) is 0 Å². The Kier molecular flexibility index (Phi) is 2.95. The molecule has 15 heavy (non-hydrogen) atoms. The Labute approximate surface area is 90.5 Å². The van der Waals surface area contributed by atoms with Crippen molar-refractivity contribution < 1.29 is 4.74 Å². The van der Waals surface area contributed by atoms with Crippen molar-refractivity contribution in [1.29, 1.82) is 0 Å². The van der Waals surface area contributed by atoms with Gasteiger partial charge in [0.25, 0.3) is 0 Å². The summed E-state index contributed by atoms with van der Waals surface area (Å²) in [4.78, 5) is 0. The summed E-state index contributed by atoms with van der Waals surface area (Å²) in [6.07, 6.45) is 3.17. The van der Waals surface area contributed by atoms with E-state index in [-0.39, 0.29) is 0 Å². The third kappa shape index (κ3) is 1.99. The van der Waals surface area contributed by atoms with Crippen LogP contribution < -0.4 is 4.74 Å². The highest BCUT2D eigenvalue weighted by Crippen LogP contribution is 2.22. The molecule has 0 saturated carbocycles. The fourth-order valence-corrected chi connectivity index (χ4v) is 1.76. The predicted octanol–water partition coefficient (Wildman–Crippen LogP) is 3.45. The summed E-state index contributed by atoms with van der Waals surface area (Å²) < 4.78 is 7.83. The smallest absolute Gasteiger partial charge is 0.120 e. The fourth-order valence-electron chi connectivity index (χ4n) is 1.76. The van der Waals surface area contributed by atoms with E-state index in [9.17, 15) is 0 Å². The average Bonchev–Trinajstić information content (AvgIpc) is 2.68. The first-order valence-corrected chi connectivity index (χ1v) is 5.57. The fraction of sp³-hybridized carbons (Fsp3) is 0.385. The second kappa shape index (κ2) is 4.39. The molecular formula is C13H17NO. The van der Waals surface area contributed by atoms with E-state index in [1.54, 1.807) is 0 Å². The van der Waals surface area contributed by atoms with E-state index in [0.717, 1.165) is 25.3 Å². The number of aromatic nitrogens is 1. The molecule has 0 N–H and O–H groups in total. The molecule has 0 unspecified atom stereocenters. The monoisotopic (exact) mass is 203 g/mol. The first-order valence-electron chi connectivity index (χ1n) is 5.57. The lowest BCUT2D eigenvalue weighted by molar-refractivity contribution is 0.318. The Morgan fingerprint density at radius 3 is 2.80 bits per heavy atom. The molecule has 80 valence electrons. The van der Waals surface area contributed by atoms with Gasteiger partial charge < -0.3 is 9.30 Å². The molecule has 0 aliphatic heterocycles. The first kappa shape index (κ1) is 10.1. The molecule has 2 aromatic rings. The largest absolute Gasteiger partial charge is 0.494 e. The lowest BCUT2D eigenvalue weighted by Crippen LogP contribution is -1.95. The van der Waals surface area contributed by atoms with E-state index < -0.39 is 0 Å². The highest BCUT2D eigenvalue weighted by Gasteiger charge is 2.00. The van der Waals surface area contributed by atoms with Crippen LogP contribution in [-0.4, -0.2) is 11.2 Å². The van der Waals surface area contributed by atoms with Gasteiger partial charge in [0.2, 0.25) is 0 Å². The Morgan fingerprint density at radius 2 is 2.07 bits per heavy atom. The Balaban J connectivity index is 2.31. The number of benzene rings is 1. The summed E-state index contributed by atoms with van der Waals surface area (Å²) in [6, 6.07) is 8.42. The molecule has 0 atom stereocenters. The van der Waals surface area contributed by atoms with E-state index >= 15 is 0 Å². The third-order valence-corrected chi connectivity index (χ3v) is 2.56. The second-order valence-electron chi connectivity index (χ2n) is 3.67. The molecule has 0 amide bonds. The van der Waals surface area contributed by atoms with Gasteiger partial charge in [-0.15, -0.1) is 0 Å². The molecule has 2 heteroatoms. The summed E-state index contributed by atoms with van der Waals surface area (Å²) in [5.41, 5.74) is 1.28. The summed E-state index contributed by atoms with van der Waals surface area (Å²) in [7, 11) is 0. The Hall–Kier alpha value is -1.44. The van der Waals surface area contributed by atoms with Gasteiger partial charge in [0.05, 0.1) is 6.61 Å². The number of fused-ring (bicyclic) bond motifs is 1. The van der Waals surface area contributed by atoms with Crippen LogP contribution in [0.2, 0.25) is 0 Å². The first-order chi connectivity index (χ1) is 7.35. The lowest BCUT2D eigenvalue weighted by atomic mass is 10.2. The average molecular weight is 203 g/mol. The highest BCUT2D eigenvalue weighted by molar-refractivity contribution is 5.81. The van der Waals surface area contributed by atoms with Gasteiger partial charge in [-0.3, -0.25) is 0 Å². The highest BCUT2D eigenvalue weighted by atomic mass is 16.5. The third-order valence-electron chi connectivity index (χ3n) is 2.56. The van der Waals surface area contributed by atoms with Crippen molar-refractivity contribution in [3.8, 4) is 5.75 Å². The Morgan fingerprint density at radius 1 is 1.20 bits per heavy atom. The quantitative estimate of drug-likeness (QED) is 0.742. The van der Waals surface area contributed by atoms with Crippen molar-refractivity contribution in [2.45, 2.75) is 26.8 Å². The molecule has 0 aliphatic carbocycles. The topological polar surface area (TPSA) is 14.2 Å². The van der Waals surface area contributed by atoms with Crippen molar-refractivity contribution >= 4 is 10.9 Å². The van der Waals surface area contributed by atoms with Gasteiger partial charge in [-0.2, -0.15) is 0 Å². The van der Waals surface area contributed by atoms with Crippen LogP contribution in [-0.2, 0) is 6.54 Å². The van der Waals surface area contributed by atoms with Crippen LogP contribution in [0.25, 0.3) is 10.9 Å². The zero-order chi connectivity index (χ0) is 10.7. The molecule has 0 bridgehead atoms. The van der Waals surface area contributed by atoms with Gasteiger partial charge in [-0.25, -0.2) is 0 Å². The van der Waals surface area contributed by atoms with Crippen LogP contribution in [0, 0.1) is 0 Å². The summed E-state index contributed by atoms with van der Waals surface area (Å²) in [5.74, 6) is 0.971. The van der Waals surface area contributed by atoms with E-state index in [1.807, 2.05) is 6.07 Å². The molecule has 0 radical (unpaired) electrons. The minimum atomic E-state index is 0.792. The molecule has 2 rings (SSSR count). The summed E-state index contributed by atoms with van der Waals surface area (Å²) in [5, 5.41) is 1.26. The maximum Gasteiger partial charge on any atom is 0.120 e. The van der Waals surface area contributed by atoms with E-state index in [4.69, 9.17) is 4.74 Å². The van der Waals surface area contributed by atoms with E-state index in [1.165, 1.54) is 10.9 Å². The van der Waals surface area contributed by atoms with Crippen LogP contribution in [0.4, 0.5) is 0 Å². The molecule has 1 heterocycles. The van der Waals surface area contributed by atoms with Gasteiger partial charge in [-0.05, 0) is 37.6 Å². The number of ether oxygens (including phenoxy) is 1. The number of hydrogen-bond donors (Lipinski definition) is 0. The van der Waals surface area contributed by atoms with E-state index in [0.29, 0.717) is 0 Å². The number of rotatable bonds is 4. The molecular weight excluding hydrogens is 186 g/mol. The van der Waals surface area contributed by atoms with Gasteiger partial charge in [0.1, 0.15) is 5.75 Å². The number of nitrogens with zero attached hydrogens (tertiary/aromatic N) is 1. The molecule has 0 saturated heterocycles. The molecule has 0 spiro atoms. The second-order valence-corrected chi connectivity index (χ2v) is 3.67. The summed E-state index contributed by atoms with van der Waals surface area (Å²) in [6.45, 7) is 6.08. The zero-order valence-corrected chi connectivity index (χ0v) is 9.36. The van der Waals surface area contributed by atoms with Crippen LogP contribution in [0.15, 0.2) is 30.5 Å². The summed E-state index contributed by atoms with van der Waals surface area (Å²) >= 11 is 0. The maximum atomic E-state index is 5.60. The maximum absolute atomic E-state index is 5.60. The van der Waals surface area contributed by atoms with Gasteiger partial charge >= 0.3 is 0 Å². The van der Waals surface area contributed by atoms with Crippen LogP contribution >= 0.6 is 0 Å². The SMILES string of the molecule is CCCOc1ccc2c(ccn2CC)c1. The van der Waals surface area contributed by atoms with Crippen molar-refractivity contribution in [2.75, 3.05) is 6.61 Å². The minimum absolute atomic E-state index is 0.792. The molecule has 1 aromatic heterocycles. The molecule has 0 fully saturated rings. The predicted molar refractivity (Wildman–Crippen MR) is 63.4 cm³/mol. The van der Waals surface area contributed by atoms with Crippen molar-refractivity contribution in [3.63, 3.8) is 0 Å². The van der Waals surface area contributed by atoms with Crippen LogP contribution in [0.1, 0.15) is 20.3 Å². The van der Waals surface area contributed by atoms with Crippen molar-refractivity contribution in [3.05, 3.63) is 30.5 Å². The standard InChI is InChI=1S/C13H17NO/c1-3-9-15-12-5-6-13-11(10-12)7-8-14(13)4-2/h5-8,10H,3-4,9H2,1-2H3. The van der Waals surface area contributed by atoms with Crippen LogP contribution in [0.3, 0.4) is 0 Å². The van der Waals surface area contributed by atoms with Crippen LogP contribution in [0.5, 0.6) is 5.75 Å². The van der Waals surface area contributed by atoms with Gasteiger partial charge in [-0.1, -0.05) is 6.92 Å². The van der Waals surface area contributed by atoms with Crippen molar-refractivity contribution in [1.82, 2.24) is 4.57 Å². The number of aryl methyl sites for hydroxylation is 1. The molecule has 0 aliphatic rings. The normalized spacial score (nSPS) is 10.8. The number of hydrogen-bond acceptors (Lipinski definition) is 1.